The fraction of sp³-hybridized carbons (Fsp3) is 0.458. The van der Waals surface area contributed by atoms with Crippen molar-refractivity contribution >= 4 is 23.2 Å². The minimum Gasteiger partial charge on any atom is -0.481 e. The molecular weight excluding hydrogens is 384 g/mol. The molecule has 1 unspecified atom stereocenters. The standard InChI is InChI=1S/C24H31ClN2O2/c1-5-22(29-21-11-9-18(10-12-21)24(2,3)4)23(28)27-15-13-26(14-16-27)20-8-6-7-19(25)17-20/h6-12,17,22H,5,13-16H2,1-4H3. The number of carbonyl (C=O) groups is 1. The zero-order chi connectivity index (χ0) is 21.0. The molecule has 1 fully saturated rings. The topological polar surface area (TPSA) is 32.8 Å². The average Bonchev–Trinajstić information content (AvgIpc) is 2.71. The summed E-state index contributed by atoms with van der Waals surface area (Å²) in [6.07, 6.45) is 0.196. The van der Waals surface area contributed by atoms with Crippen LogP contribution >= 0.6 is 11.6 Å². The van der Waals surface area contributed by atoms with Crippen molar-refractivity contribution in [2.45, 2.75) is 45.6 Å². The van der Waals surface area contributed by atoms with Crippen molar-refractivity contribution in [3.8, 4) is 5.75 Å². The quantitative estimate of drug-likeness (QED) is 0.678. The number of carbonyl (C=O) groups excluding carboxylic acids is 1. The summed E-state index contributed by atoms with van der Waals surface area (Å²) in [5, 5.41) is 0.734. The molecule has 0 aromatic heterocycles. The van der Waals surface area contributed by atoms with Crippen LogP contribution in [0.3, 0.4) is 0 Å². The number of ether oxygens (including phenoxy) is 1. The Bertz CT molecular complexity index is 822. The lowest BCUT2D eigenvalue weighted by atomic mass is 9.87. The molecule has 2 aromatic carbocycles. The lowest BCUT2D eigenvalue weighted by molar-refractivity contribution is -0.139. The van der Waals surface area contributed by atoms with Crippen molar-refractivity contribution in [2.75, 3.05) is 31.1 Å². The molecule has 156 valence electrons. The Morgan fingerprint density at radius 1 is 1.07 bits per heavy atom. The number of amides is 1. The van der Waals surface area contributed by atoms with Crippen molar-refractivity contribution in [1.29, 1.82) is 0 Å². The highest BCUT2D eigenvalue weighted by Crippen LogP contribution is 2.25. The lowest BCUT2D eigenvalue weighted by Crippen LogP contribution is -2.52. The van der Waals surface area contributed by atoms with Gasteiger partial charge in [0.15, 0.2) is 6.10 Å². The Labute approximate surface area is 179 Å². The number of hydrogen-bond acceptors (Lipinski definition) is 3. The number of benzene rings is 2. The molecule has 3 rings (SSSR count). The van der Waals surface area contributed by atoms with Crippen LogP contribution in [0.2, 0.25) is 5.02 Å². The highest BCUT2D eigenvalue weighted by atomic mass is 35.5. The molecule has 0 radical (unpaired) electrons. The van der Waals surface area contributed by atoms with Crippen LogP contribution in [-0.4, -0.2) is 43.1 Å². The largest absolute Gasteiger partial charge is 0.481 e. The Kier molecular flexibility index (Phi) is 6.74. The van der Waals surface area contributed by atoms with Gasteiger partial charge >= 0.3 is 0 Å². The van der Waals surface area contributed by atoms with E-state index in [-0.39, 0.29) is 11.3 Å². The number of anilines is 1. The van der Waals surface area contributed by atoms with E-state index in [1.54, 1.807) is 0 Å². The van der Waals surface area contributed by atoms with Gasteiger partial charge in [0.2, 0.25) is 0 Å². The van der Waals surface area contributed by atoms with Crippen LogP contribution in [0, 0.1) is 0 Å². The number of nitrogens with zero attached hydrogens (tertiary/aromatic N) is 2. The van der Waals surface area contributed by atoms with E-state index in [9.17, 15) is 4.79 Å². The highest BCUT2D eigenvalue weighted by molar-refractivity contribution is 6.30. The second-order valence-corrected chi connectivity index (χ2v) is 9.02. The normalized spacial score (nSPS) is 15.9. The molecule has 1 aliphatic heterocycles. The fourth-order valence-corrected chi connectivity index (χ4v) is 3.75. The average molecular weight is 415 g/mol. The SMILES string of the molecule is CCC(Oc1ccc(C(C)(C)C)cc1)C(=O)N1CCN(c2cccc(Cl)c2)CC1. The Balaban J connectivity index is 1.59. The van der Waals surface area contributed by atoms with Crippen molar-refractivity contribution in [2.24, 2.45) is 0 Å². The van der Waals surface area contributed by atoms with Crippen molar-refractivity contribution in [3.05, 3.63) is 59.1 Å². The Morgan fingerprint density at radius 3 is 2.28 bits per heavy atom. The first-order valence-electron chi connectivity index (χ1n) is 10.3. The summed E-state index contributed by atoms with van der Waals surface area (Å²) < 4.78 is 6.05. The van der Waals surface area contributed by atoms with Gasteiger partial charge in [-0.1, -0.05) is 57.5 Å². The van der Waals surface area contributed by atoms with E-state index in [2.05, 4.69) is 43.9 Å². The van der Waals surface area contributed by atoms with Gasteiger partial charge in [-0.3, -0.25) is 4.79 Å². The monoisotopic (exact) mass is 414 g/mol. The Hall–Kier alpha value is -2.20. The minimum atomic E-state index is -0.451. The van der Waals surface area contributed by atoms with E-state index >= 15 is 0 Å². The smallest absolute Gasteiger partial charge is 0.263 e. The first-order valence-corrected chi connectivity index (χ1v) is 10.7. The molecule has 1 atom stereocenters. The molecule has 1 saturated heterocycles. The van der Waals surface area contributed by atoms with Gasteiger partial charge in [0.25, 0.3) is 5.91 Å². The van der Waals surface area contributed by atoms with E-state index in [1.165, 1.54) is 5.56 Å². The van der Waals surface area contributed by atoms with Crippen LogP contribution in [-0.2, 0) is 10.2 Å². The van der Waals surface area contributed by atoms with Gasteiger partial charge in [-0.2, -0.15) is 0 Å². The van der Waals surface area contributed by atoms with Crippen LogP contribution in [0.25, 0.3) is 0 Å². The summed E-state index contributed by atoms with van der Waals surface area (Å²) in [4.78, 5) is 17.2. The summed E-state index contributed by atoms with van der Waals surface area (Å²) in [6, 6.07) is 16.0. The number of hydrogen-bond donors (Lipinski definition) is 0. The molecular formula is C24H31ClN2O2. The van der Waals surface area contributed by atoms with Crippen molar-refractivity contribution < 1.29 is 9.53 Å². The van der Waals surface area contributed by atoms with Crippen LogP contribution in [0.4, 0.5) is 5.69 Å². The summed E-state index contributed by atoms with van der Waals surface area (Å²) in [7, 11) is 0. The van der Waals surface area contributed by atoms with Crippen LogP contribution in [0.1, 0.15) is 39.7 Å². The van der Waals surface area contributed by atoms with E-state index in [1.807, 2.05) is 42.2 Å². The number of rotatable bonds is 5. The van der Waals surface area contributed by atoms with Crippen molar-refractivity contribution in [1.82, 2.24) is 4.90 Å². The fourth-order valence-electron chi connectivity index (χ4n) is 3.57. The third-order valence-electron chi connectivity index (χ3n) is 5.41. The second-order valence-electron chi connectivity index (χ2n) is 8.58. The first-order chi connectivity index (χ1) is 13.8. The summed E-state index contributed by atoms with van der Waals surface area (Å²) in [6.45, 7) is 11.5. The van der Waals surface area contributed by atoms with Gasteiger partial charge in [-0.25, -0.2) is 0 Å². The summed E-state index contributed by atoms with van der Waals surface area (Å²) in [5.41, 5.74) is 2.45. The van der Waals surface area contributed by atoms with Crippen molar-refractivity contribution in [3.63, 3.8) is 0 Å². The number of halogens is 1. The van der Waals surface area contributed by atoms with E-state index < -0.39 is 6.10 Å². The predicted octanol–water partition coefficient (Wildman–Crippen LogP) is 5.14. The molecule has 0 N–H and O–H groups in total. The van der Waals surface area contributed by atoms with E-state index in [4.69, 9.17) is 16.3 Å². The van der Waals surface area contributed by atoms with Gasteiger partial charge in [-0.05, 0) is 47.7 Å². The maximum absolute atomic E-state index is 13.0. The maximum atomic E-state index is 13.0. The zero-order valence-electron chi connectivity index (χ0n) is 17.8. The molecule has 1 aliphatic rings. The van der Waals surface area contributed by atoms with Gasteiger partial charge in [-0.15, -0.1) is 0 Å². The third-order valence-corrected chi connectivity index (χ3v) is 5.64. The second kappa shape index (κ2) is 9.08. The van der Waals surface area contributed by atoms with E-state index in [0.717, 1.165) is 29.5 Å². The molecule has 2 aromatic rings. The lowest BCUT2D eigenvalue weighted by Gasteiger charge is -2.37. The highest BCUT2D eigenvalue weighted by Gasteiger charge is 2.28. The molecule has 1 amide bonds. The van der Waals surface area contributed by atoms with E-state index in [0.29, 0.717) is 19.5 Å². The van der Waals surface area contributed by atoms with Gasteiger partial charge in [0.1, 0.15) is 5.75 Å². The van der Waals surface area contributed by atoms with Gasteiger partial charge < -0.3 is 14.5 Å². The zero-order valence-corrected chi connectivity index (χ0v) is 18.6. The predicted molar refractivity (Wildman–Crippen MR) is 120 cm³/mol. The molecule has 0 aliphatic carbocycles. The summed E-state index contributed by atoms with van der Waals surface area (Å²) >= 11 is 6.11. The molecule has 1 heterocycles. The molecule has 0 spiro atoms. The molecule has 29 heavy (non-hydrogen) atoms. The van der Waals surface area contributed by atoms with Crippen LogP contribution < -0.4 is 9.64 Å². The van der Waals surface area contributed by atoms with Gasteiger partial charge in [0, 0.05) is 36.9 Å². The third kappa shape index (κ3) is 5.45. The maximum Gasteiger partial charge on any atom is 0.263 e. The van der Waals surface area contributed by atoms with Crippen LogP contribution in [0.5, 0.6) is 5.75 Å². The van der Waals surface area contributed by atoms with Gasteiger partial charge in [0.05, 0.1) is 0 Å². The molecule has 0 bridgehead atoms. The summed E-state index contributed by atoms with van der Waals surface area (Å²) in [5.74, 6) is 0.814. The minimum absolute atomic E-state index is 0.0677. The number of piperazine rings is 1. The molecule has 5 heteroatoms. The molecule has 0 saturated carbocycles. The van der Waals surface area contributed by atoms with Crippen LogP contribution in [0.15, 0.2) is 48.5 Å². The molecule has 4 nitrogen and oxygen atoms in total. The first kappa shape index (κ1) is 21.5. The Morgan fingerprint density at radius 2 is 1.72 bits per heavy atom.